The van der Waals surface area contributed by atoms with Gasteiger partial charge >= 0.3 is 0 Å². The molecule has 8 nitrogen and oxygen atoms in total. The number of fused-ring (bicyclic) bond motifs is 1. The van der Waals surface area contributed by atoms with Gasteiger partial charge in [-0.25, -0.2) is 14.1 Å². The van der Waals surface area contributed by atoms with Crippen molar-refractivity contribution in [2.75, 3.05) is 24.5 Å². The predicted octanol–water partition coefficient (Wildman–Crippen LogP) is 3.14. The third kappa shape index (κ3) is 4.06. The number of hydrogen-bond donors (Lipinski definition) is 0. The molecule has 3 aromatic rings. The van der Waals surface area contributed by atoms with Crippen LogP contribution in [0.25, 0.3) is 5.69 Å². The quantitative estimate of drug-likeness (QED) is 0.614. The molecule has 1 saturated heterocycles. The van der Waals surface area contributed by atoms with Crippen molar-refractivity contribution < 1.29 is 18.7 Å². The van der Waals surface area contributed by atoms with Gasteiger partial charge in [-0.1, -0.05) is 12.1 Å². The maximum absolute atomic E-state index is 13.5. The number of aryl methyl sites for hydroxylation is 1. The van der Waals surface area contributed by atoms with E-state index in [2.05, 4.69) is 10.1 Å². The molecule has 0 radical (unpaired) electrons. The van der Waals surface area contributed by atoms with Crippen molar-refractivity contribution in [3.63, 3.8) is 0 Å². The molecule has 1 fully saturated rings. The second-order valence-electron chi connectivity index (χ2n) is 8.25. The van der Waals surface area contributed by atoms with Crippen LogP contribution in [0.15, 0.2) is 48.5 Å². The van der Waals surface area contributed by atoms with Gasteiger partial charge in [-0.2, -0.15) is 0 Å². The molecule has 170 valence electrons. The normalized spacial score (nSPS) is 17.9. The molecule has 33 heavy (non-hydrogen) atoms. The average molecular weight is 449 g/mol. The lowest BCUT2D eigenvalue weighted by atomic mass is 10.1. The molecule has 3 heterocycles. The number of benzene rings is 2. The zero-order valence-electron chi connectivity index (χ0n) is 18.3. The van der Waals surface area contributed by atoms with Crippen LogP contribution in [0.1, 0.15) is 35.7 Å². The number of likely N-dealkylation sites (tertiary alicyclic amines) is 1. The summed E-state index contributed by atoms with van der Waals surface area (Å²) in [7, 11) is 0. The highest BCUT2D eigenvalue weighted by atomic mass is 19.1. The fourth-order valence-corrected chi connectivity index (χ4v) is 4.30. The molecular weight excluding hydrogens is 425 g/mol. The van der Waals surface area contributed by atoms with Crippen LogP contribution < -0.4 is 9.64 Å². The Hall–Kier alpha value is -3.75. The van der Waals surface area contributed by atoms with Crippen molar-refractivity contribution >= 4 is 17.5 Å². The van der Waals surface area contributed by atoms with Gasteiger partial charge in [0.2, 0.25) is 5.82 Å². The average Bonchev–Trinajstić information content (AvgIpc) is 3.25. The first-order chi connectivity index (χ1) is 16.0. The van der Waals surface area contributed by atoms with E-state index in [0.717, 1.165) is 19.3 Å². The van der Waals surface area contributed by atoms with Gasteiger partial charge in [-0.15, -0.1) is 5.10 Å². The maximum Gasteiger partial charge on any atom is 0.298 e. The van der Waals surface area contributed by atoms with Crippen molar-refractivity contribution in [1.29, 1.82) is 0 Å². The molecule has 0 N–H and O–H groups in total. The number of hydrogen-bond acceptors (Lipinski definition) is 5. The first-order valence-corrected chi connectivity index (χ1v) is 11.1. The number of para-hydroxylation sites is 2. The van der Waals surface area contributed by atoms with Crippen LogP contribution in [0.4, 0.5) is 10.1 Å². The number of amides is 2. The maximum atomic E-state index is 13.5. The fourth-order valence-electron chi connectivity index (χ4n) is 4.30. The molecule has 1 atom stereocenters. The third-order valence-electron chi connectivity index (χ3n) is 5.99. The number of anilines is 1. The Morgan fingerprint density at radius 1 is 1.03 bits per heavy atom. The van der Waals surface area contributed by atoms with Crippen LogP contribution in [-0.4, -0.2) is 57.2 Å². The number of aromatic nitrogens is 3. The third-order valence-corrected chi connectivity index (χ3v) is 5.99. The summed E-state index contributed by atoms with van der Waals surface area (Å²) in [6.45, 7) is 3.21. The minimum Gasteiger partial charge on any atom is -0.476 e. The number of piperidine rings is 1. The molecule has 2 aromatic carbocycles. The molecule has 0 bridgehead atoms. The number of carbonyl (C=O) groups excluding carboxylic acids is 2. The first kappa shape index (κ1) is 21.1. The van der Waals surface area contributed by atoms with Gasteiger partial charge in [0.05, 0.1) is 17.9 Å². The van der Waals surface area contributed by atoms with Gasteiger partial charge in [0, 0.05) is 13.1 Å². The van der Waals surface area contributed by atoms with E-state index in [4.69, 9.17) is 4.74 Å². The lowest BCUT2D eigenvalue weighted by Crippen LogP contribution is -2.53. The summed E-state index contributed by atoms with van der Waals surface area (Å²) in [6.07, 6.45) is 2.27. The Morgan fingerprint density at radius 2 is 1.76 bits per heavy atom. The SMILES string of the molecule is Cc1nc(C(=O)N2CC(C(=O)N3CCCCC3)Oc3ccccc32)nn1-c1ccc(F)cc1. The van der Waals surface area contributed by atoms with E-state index in [1.165, 1.54) is 21.7 Å². The minimum atomic E-state index is -0.790. The van der Waals surface area contributed by atoms with Crippen molar-refractivity contribution in [3.8, 4) is 11.4 Å². The molecule has 2 aliphatic heterocycles. The molecule has 0 saturated carbocycles. The zero-order chi connectivity index (χ0) is 22.9. The number of carbonyl (C=O) groups is 2. The molecule has 0 aliphatic carbocycles. The lowest BCUT2D eigenvalue weighted by molar-refractivity contribution is -0.139. The Morgan fingerprint density at radius 3 is 2.52 bits per heavy atom. The Kier molecular flexibility index (Phi) is 5.53. The van der Waals surface area contributed by atoms with Crippen LogP contribution in [0.2, 0.25) is 0 Å². The van der Waals surface area contributed by atoms with Crippen molar-refractivity contribution in [3.05, 3.63) is 66.0 Å². The Labute approximate surface area is 190 Å². The van der Waals surface area contributed by atoms with Crippen LogP contribution in [-0.2, 0) is 4.79 Å². The Balaban J connectivity index is 1.44. The standard InChI is InChI=1S/C24H24FN5O3/c1-16-26-22(27-30(16)18-11-9-17(25)10-12-18)24(32)29-15-21(23(31)28-13-5-2-6-14-28)33-20-8-4-3-7-19(20)29/h3-4,7-12,21H,2,5-6,13-15H2,1H3. The van der Waals surface area contributed by atoms with E-state index >= 15 is 0 Å². The van der Waals surface area contributed by atoms with E-state index in [0.29, 0.717) is 36.0 Å². The summed E-state index contributed by atoms with van der Waals surface area (Å²) in [5.41, 5.74) is 1.17. The second kappa shape index (κ2) is 8.65. The number of rotatable bonds is 3. The highest BCUT2D eigenvalue weighted by Crippen LogP contribution is 2.34. The van der Waals surface area contributed by atoms with Crippen LogP contribution in [0.5, 0.6) is 5.75 Å². The smallest absolute Gasteiger partial charge is 0.298 e. The van der Waals surface area contributed by atoms with E-state index < -0.39 is 12.0 Å². The predicted molar refractivity (Wildman–Crippen MR) is 119 cm³/mol. The van der Waals surface area contributed by atoms with Crippen molar-refractivity contribution in [2.45, 2.75) is 32.3 Å². The Bertz CT molecular complexity index is 1190. The van der Waals surface area contributed by atoms with Gasteiger partial charge in [0.1, 0.15) is 17.4 Å². The van der Waals surface area contributed by atoms with Crippen molar-refractivity contribution in [1.82, 2.24) is 19.7 Å². The highest BCUT2D eigenvalue weighted by Gasteiger charge is 2.37. The van der Waals surface area contributed by atoms with Gasteiger partial charge in [-0.05, 0) is 62.6 Å². The van der Waals surface area contributed by atoms with E-state index in [9.17, 15) is 14.0 Å². The van der Waals surface area contributed by atoms with Crippen molar-refractivity contribution in [2.24, 2.45) is 0 Å². The number of halogens is 1. The minimum absolute atomic E-state index is 0.00213. The van der Waals surface area contributed by atoms with E-state index in [1.807, 2.05) is 11.0 Å². The molecule has 2 aliphatic rings. The topological polar surface area (TPSA) is 80.6 Å². The monoisotopic (exact) mass is 449 g/mol. The van der Waals surface area contributed by atoms with Crippen LogP contribution in [0.3, 0.4) is 0 Å². The summed E-state index contributed by atoms with van der Waals surface area (Å²) >= 11 is 0. The van der Waals surface area contributed by atoms with Crippen LogP contribution >= 0.6 is 0 Å². The summed E-state index contributed by atoms with van der Waals surface area (Å²) in [6, 6.07) is 12.9. The summed E-state index contributed by atoms with van der Waals surface area (Å²) < 4.78 is 20.8. The molecule has 1 aromatic heterocycles. The summed E-state index contributed by atoms with van der Waals surface area (Å²) in [5.74, 6) is 0.0728. The molecule has 2 amide bonds. The molecular formula is C24H24FN5O3. The fraction of sp³-hybridized carbons (Fsp3) is 0.333. The lowest BCUT2D eigenvalue weighted by Gasteiger charge is -2.37. The molecule has 1 unspecified atom stereocenters. The van der Waals surface area contributed by atoms with Gasteiger partial charge in [0.15, 0.2) is 6.10 Å². The van der Waals surface area contributed by atoms with E-state index in [1.54, 1.807) is 37.3 Å². The van der Waals surface area contributed by atoms with Gasteiger partial charge in [-0.3, -0.25) is 14.5 Å². The molecule has 5 rings (SSSR count). The molecule has 0 spiro atoms. The first-order valence-electron chi connectivity index (χ1n) is 11.1. The number of ether oxygens (including phenoxy) is 1. The van der Waals surface area contributed by atoms with Gasteiger partial charge < -0.3 is 9.64 Å². The van der Waals surface area contributed by atoms with Gasteiger partial charge in [0.25, 0.3) is 11.8 Å². The van der Waals surface area contributed by atoms with E-state index in [-0.39, 0.29) is 24.1 Å². The largest absolute Gasteiger partial charge is 0.476 e. The molecule has 9 heteroatoms. The number of nitrogens with zero attached hydrogens (tertiary/aromatic N) is 5. The zero-order valence-corrected chi connectivity index (χ0v) is 18.3. The highest BCUT2D eigenvalue weighted by molar-refractivity contribution is 6.05. The summed E-state index contributed by atoms with van der Waals surface area (Å²) in [5, 5.41) is 4.37. The summed E-state index contributed by atoms with van der Waals surface area (Å²) in [4.78, 5) is 34.3. The van der Waals surface area contributed by atoms with Crippen LogP contribution in [0, 0.1) is 12.7 Å². The second-order valence-corrected chi connectivity index (χ2v) is 8.25.